The number of nitrogens with one attached hydrogen (secondary N) is 2. The van der Waals surface area contributed by atoms with Crippen molar-refractivity contribution in [1.29, 1.82) is 0 Å². The minimum Gasteiger partial charge on any atom is -0.504 e. The molecule has 4 aromatic rings. The predicted molar refractivity (Wildman–Crippen MR) is 88.5 cm³/mol. The van der Waals surface area contributed by atoms with Crippen molar-refractivity contribution in [2.24, 2.45) is 0 Å². The standard InChI is InChI=1S/C17H13N5O2/c23-16-14-10(4-3-7-18-14)8-19-15(16)17(24)20-9-13-21-11-5-1-2-6-12(11)22-13/h1-8,23H,9H2,(H,20,24)(H,21,22). The van der Waals surface area contributed by atoms with Crippen LogP contribution >= 0.6 is 0 Å². The molecule has 0 saturated heterocycles. The molecule has 0 aliphatic rings. The molecule has 118 valence electrons. The van der Waals surface area contributed by atoms with Gasteiger partial charge in [-0.2, -0.15) is 0 Å². The fourth-order valence-corrected chi connectivity index (χ4v) is 2.53. The highest BCUT2D eigenvalue weighted by atomic mass is 16.3. The van der Waals surface area contributed by atoms with Crippen molar-refractivity contribution in [1.82, 2.24) is 25.3 Å². The first kappa shape index (κ1) is 14.1. The highest BCUT2D eigenvalue weighted by Gasteiger charge is 2.16. The summed E-state index contributed by atoms with van der Waals surface area (Å²) in [5.41, 5.74) is 2.02. The molecular formula is C17H13N5O2. The maximum Gasteiger partial charge on any atom is 0.274 e. The summed E-state index contributed by atoms with van der Waals surface area (Å²) in [7, 11) is 0. The molecule has 3 aromatic heterocycles. The number of aromatic nitrogens is 4. The Morgan fingerprint density at radius 2 is 2.04 bits per heavy atom. The van der Waals surface area contributed by atoms with E-state index in [0.29, 0.717) is 16.7 Å². The zero-order valence-corrected chi connectivity index (χ0v) is 12.5. The third kappa shape index (κ3) is 2.41. The second kappa shape index (κ2) is 5.62. The number of pyridine rings is 2. The maximum atomic E-state index is 12.3. The maximum absolute atomic E-state index is 12.3. The number of hydrogen-bond acceptors (Lipinski definition) is 5. The van der Waals surface area contributed by atoms with Gasteiger partial charge in [0.05, 0.1) is 17.6 Å². The molecule has 0 spiro atoms. The molecule has 0 aliphatic carbocycles. The van der Waals surface area contributed by atoms with Gasteiger partial charge < -0.3 is 15.4 Å². The van der Waals surface area contributed by atoms with Gasteiger partial charge in [-0.05, 0) is 24.3 Å². The smallest absolute Gasteiger partial charge is 0.274 e. The lowest BCUT2D eigenvalue weighted by atomic mass is 10.2. The molecular weight excluding hydrogens is 306 g/mol. The van der Waals surface area contributed by atoms with Gasteiger partial charge in [-0.3, -0.25) is 9.78 Å². The first-order valence-electron chi connectivity index (χ1n) is 7.37. The average Bonchev–Trinajstić information content (AvgIpc) is 3.03. The van der Waals surface area contributed by atoms with Crippen molar-refractivity contribution in [3.8, 4) is 5.75 Å². The van der Waals surface area contributed by atoms with Gasteiger partial charge in [0, 0.05) is 17.8 Å². The number of H-pyrrole nitrogens is 1. The number of rotatable bonds is 3. The zero-order valence-electron chi connectivity index (χ0n) is 12.5. The number of carbonyl (C=O) groups is 1. The third-order valence-corrected chi connectivity index (χ3v) is 3.69. The van der Waals surface area contributed by atoms with Gasteiger partial charge in [0.1, 0.15) is 11.3 Å². The SMILES string of the molecule is O=C(NCc1nc2ccccc2[nH]1)c1ncc2cccnc2c1O. The quantitative estimate of drug-likeness (QED) is 0.537. The Labute approximate surface area is 136 Å². The number of amides is 1. The van der Waals surface area contributed by atoms with E-state index in [1.165, 1.54) is 6.20 Å². The van der Waals surface area contributed by atoms with Gasteiger partial charge in [0.25, 0.3) is 5.91 Å². The van der Waals surface area contributed by atoms with Crippen LogP contribution in [0.5, 0.6) is 5.75 Å². The lowest BCUT2D eigenvalue weighted by Crippen LogP contribution is -2.24. The predicted octanol–water partition coefficient (Wildman–Crippen LogP) is 2.14. The van der Waals surface area contributed by atoms with Crippen LogP contribution in [0.3, 0.4) is 0 Å². The van der Waals surface area contributed by atoms with Crippen LogP contribution in [0, 0.1) is 0 Å². The summed E-state index contributed by atoms with van der Waals surface area (Å²) in [6.45, 7) is 0.203. The first-order chi connectivity index (χ1) is 11.7. The summed E-state index contributed by atoms with van der Waals surface area (Å²) in [5.74, 6) is -0.0846. The average molecular weight is 319 g/mol. The van der Waals surface area contributed by atoms with Gasteiger partial charge in [-0.15, -0.1) is 0 Å². The van der Waals surface area contributed by atoms with E-state index >= 15 is 0 Å². The number of aromatic hydroxyl groups is 1. The second-order valence-corrected chi connectivity index (χ2v) is 5.28. The van der Waals surface area contributed by atoms with Gasteiger partial charge in [-0.1, -0.05) is 12.1 Å². The van der Waals surface area contributed by atoms with Crippen LogP contribution in [0.2, 0.25) is 0 Å². The van der Waals surface area contributed by atoms with Gasteiger partial charge in [-0.25, -0.2) is 9.97 Å². The minimum absolute atomic E-state index is 0.0580. The topological polar surface area (TPSA) is 104 Å². The molecule has 24 heavy (non-hydrogen) atoms. The summed E-state index contributed by atoms with van der Waals surface area (Å²) < 4.78 is 0. The first-order valence-corrected chi connectivity index (χ1v) is 7.37. The molecule has 7 nitrogen and oxygen atoms in total. The summed E-state index contributed by atoms with van der Waals surface area (Å²) in [6, 6.07) is 11.1. The number of benzene rings is 1. The van der Waals surface area contributed by atoms with Crippen LogP contribution in [0.15, 0.2) is 48.8 Å². The van der Waals surface area contributed by atoms with E-state index in [4.69, 9.17) is 0 Å². The second-order valence-electron chi connectivity index (χ2n) is 5.28. The third-order valence-electron chi connectivity index (χ3n) is 3.69. The van der Waals surface area contributed by atoms with Gasteiger partial charge in [0.15, 0.2) is 11.4 Å². The van der Waals surface area contributed by atoms with Crippen molar-refractivity contribution < 1.29 is 9.90 Å². The Balaban J connectivity index is 1.57. The minimum atomic E-state index is -0.486. The number of nitrogens with zero attached hydrogens (tertiary/aromatic N) is 3. The number of para-hydroxylation sites is 2. The van der Waals surface area contributed by atoms with Crippen LogP contribution in [0.25, 0.3) is 21.9 Å². The molecule has 4 rings (SSSR count). The van der Waals surface area contributed by atoms with E-state index in [2.05, 4.69) is 25.3 Å². The van der Waals surface area contributed by atoms with Crippen LogP contribution < -0.4 is 5.32 Å². The zero-order chi connectivity index (χ0) is 16.5. The van der Waals surface area contributed by atoms with Crippen molar-refractivity contribution >= 4 is 27.8 Å². The Bertz CT molecular complexity index is 1020. The molecule has 0 fully saturated rings. The van der Waals surface area contributed by atoms with Crippen LogP contribution in [-0.4, -0.2) is 30.9 Å². The highest BCUT2D eigenvalue weighted by molar-refractivity contribution is 6.00. The molecule has 0 aliphatic heterocycles. The molecule has 3 heterocycles. The van der Waals surface area contributed by atoms with Crippen LogP contribution in [0.1, 0.15) is 16.3 Å². The monoisotopic (exact) mass is 319 g/mol. The van der Waals surface area contributed by atoms with E-state index in [0.717, 1.165) is 11.0 Å². The highest BCUT2D eigenvalue weighted by Crippen LogP contribution is 2.24. The number of imidazole rings is 1. The molecule has 1 aromatic carbocycles. The van der Waals surface area contributed by atoms with Crippen LogP contribution in [-0.2, 0) is 6.54 Å². The summed E-state index contributed by atoms with van der Waals surface area (Å²) in [6.07, 6.45) is 3.07. The molecule has 1 amide bonds. The molecule has 0 radical (unpaired) electrons. The molecule has 3 N–H and O–H groups in total. The molecule has 7 heteroatoms. The lowest BCUT2D eigenvalue weighted by Gasteiger charge is -2.06. The largest absolute Gasteiger partial charge is 0.504 e. The van der Waals surface area contributed by atoms with Crippen LogP contribution in [0.4, 0.5) is 0 Å². The van der Waals surface area contributed by atoms with E-state index in [9.17, 15) is 9.90 Å². The molecule has 0 unspecified atom stereocenters. The fraction of sp³-hybridized carbons (Fsp3) is 0.0588. The van der Waals surface area contributed by atoms with Crippen molar-refractivity contribution in [2.45, 2.75) is 6.54 Å². The number of aromatic amines is 1. The number of carbonyl (C=O) groups excluding carboxylic acids is 1. The fourth-order valence-electron chi connectivity index (χ4n) is 2.53. The van der Waals surface area contributed by atoms with Gasteiger partial charge in [0.2, 0.25) is 0 Å². The number of fused-ring (bicyclic) bond motifs is 2. The normalized spacial score (nSPS) is 11.0. The molecule has 0 bridgehead atoms. The van der Waals surface area contributed by atoms with E-state index in [-0.39, 0.29) is 18.0 Å². The van der Waals surface area contributed by atoms with Gasteiger partial charge >= 0.3 is 0 Å². The van der Waals surface area contributed by atoms with Crippen molar-refractivity contribution in [3.05, 3.63) is 60.3 Å². The Morgan fingerprint density at radius 1 is 1.17 bits per heavy atom. The van der Waals surface area contributed by atoms with Crippen molar-refractivity contribution in [2.75, 3.05) is 0 Å². The molecule has 0 atom stereocenters. The summed E-state index contributed by atoms with van der Waals surface area (Å²) >= 11 is 0. The van der Waals surface area contributed by atoms with E-state index in [1.807, 2.05) is 24.3 Å². The Hall–Kier alpha value is -3.48. The Morgan fingerprint density at radius 3 is 2.92 bits per heavy atom. The van der Waals surface area contributed by atoms with E-state index in [1.54, 1.807) is 18.3 Å². The Kier molecular flexibility index (Phi) is 3.31. The number of hydrogen-bond donors (Lipinski definition) is 3. The van der Waals surface area contributed by atoms with E-state index < -0.39 is 5.91 Å². The molecule has 0 saturated carbocycles. The summed E-state index contributed by atoms with van der Waals surface area (Å²) in [5, 5.41) is 13.6. The van der Waals surface area contributed by atoms with Crippen molar-refractivity contribution in [3.63, 3.8) is 0 Å². The lowest BCUT2D eigenvalue weighted by molar-refractivity contribution is 0.0942. The summed E-state index contributed by atoms with van der Waals surface area (Å²) in [4.78, 5) is 27.9.